The Kier molecular flexibility index (Phi) is 5.09. The summed E-state index contributed by atoms with van der Waals surface area (Å²) in [6.07, 6.45) is 0. The summed E-state index contributed by atoms with van der Waals surface area (Å²) in [5, 5.41) is 11.0. The topological polar surface area (TPSA) is 40.5 Å². The van der Waals surface area contributed by atoms with Gasteiger partial charge >= 0.3 is 5.97 Å². The SMILES string of the molecule is CC(C)N(Cc1cc(F)cc(C(=O)O)c1)Cc1cccs1. The average molecular weight is 307 g/mol. The van der Waals surface area contributed by atoms with Crippen molar-refractivity contribution in [1.29, 1.82) is 0 Å². The number of hydrogen-bond donors (Lipinski definition) is 1. The van der Waals surface area contributed by atoms with Crippen molar-refractivity contribution in [1.82, 2.24) is 4.90 Å². The lowest BCUT2D eigenvalue weighted by atomic mass is 10.1. The Morgan fingerprint density at radius 3 is 2.67 bits per heavy atom. The number of carboxylic acids is 1. The second-order valence-corrected chi connectivity index (χ2v) is 6.26. The first-order valence-corrected chi connectivity index (χ1v) is 7.63. The maximum atomic E-state index is 13.5. The van der Waals surface area contributed by atoms with Gasteiger partial charge in [0.05, 0.1) is 5.56 Å². The molecule has 0 aliphatic rings. The molecule has 0 saturated carbocycles. The van der Waals surface area contributed by atoms with Crippen LogP contribution in [0.5, 0.6) is 0 Å². The number of nitrogens with zero attached hydrogens (tertiary/aromatic N) is 1. The van der Waals surface area contributed by atoms with Gasteiger partial charge in [0, 0.05) is 24.0 Å². The fourth-order valence-electron chi connectivity index (χ4n) is 2.12. The Morgan fingerprint density at radius 2 is 2.10 bits per heavy atom. The molecule has 0 atom stereocenters. The van der Waals surface area contributed by atoms with Crippen LogP contribution in [0.2, 0.25) is 0 Å². The fourth-order valence-corrected chi connectivity index (χ4v) is 2.85. The van der Waals surface area contributed by atoms with E-state index in [-0.39, 0.29) is 11.6 Å². The highest BCUT2D eigenvalue weighted by molar-refractivity contribution is 7.09. The minimum Gasteiger partial charge on any atom is -0.478 e. The zero-order chi connectivity index (χ0) is 15.4. The number of carbonyl (C=O) groups is 1. The molecular formula is C16H18FNO2S. The second-order valence-electron chi connectivity index (χ2n) is 5.23. The first-order valence-electron chi connectivity index (χ1n) is 6.75. The van der Waals surface area contributed by atoms with E-state index in [0.717, 1.165) is 12.6 Å². The summed E-state index contributed by atoms with van der Waals surface area (Å²) < 4.78 is 13.5. The molecule has 3 nitrogen and oxygen atoms in total. The van der Waals surface area contributed by atoms with Crippen molar-refractivity contribution in [2.75, 3.05) is 0 Å². The number of carboxylic acid groups (broad SMARTS) is 1. The third-order valence-electron chi connectivity index (χ3n) is 3.26. The lowest BCUT2D eigenvalue weighted by Crippen LogP contribution is -2.29. The normalized spacial score (nSPS) is 11.3. The van der Waals surface area contributed by atoms with Crippen LogP contribution in [0.1, 0.15) is 34.6 Å². The minimum absolute atomic E-state index is 0.00942. The van der Waals surface area contributed by atoms with Crippen LogP contribution in [0.4, 0.5) is 4.39 Å². The Balaban J connectivity index is 2.18. The summed E-state index contributed by atoms with van der Waals surface area (Å²) in [7, 11) is 0. The predicted molar refractivity (Wildman–Crippen MR) is 82.1 cm³/mol. The van der Waals surface area contributed by atoms with Gasteiger partial charge in [0.15, 0.2) is 0 Å². The van der Waals surface area contributed by atoms with E-state index in [0.29, 0.717) is 12.1 Å². The summed E-state index contributed by atoms with van der Waals surface area (Å²) in [6, 6.07) is 8.33. The van der Waals surface area contributed by atoms with Crippen LogP contribution < -0.4 is 0 Å². The molecule has 2 aromatic rings. The molecule has 0 aliphatic carbocycles. The van der Waals surface area contributed by atoms with E-state index in [9.17, 15) is 9.18 Å². The molecule has 0 amide bonds. The molecule has 0 radical (unpaired) electrons. The highest BCUT2D eigenvalue weighted by atomic mass is 32.1. The number of benzene rings is 1. The zero-order valence-corrected chi connectivity index (χ0v) is 12.9. The van der Waals surface area contributed by atoms with Gasteiger partial charge in [0.25, 0.3) is 0 Å². The maximum Gasteiger partial charge on any atom is 0.335 e. The van der Waals surface area contributed by atoms with Crippen LogP contribution >= 0.6 is 11.3 Å². The summed E-state index contributed by atoms with van der Waals surface area (Å²) in [6.45, 7) is 5.44. The molecule has 0 fully saturated rings. The number of hydrogen-bond acceptors (Lipinski definition) is 3. The fraction of sp³-hybridized carbons (Fsp3) is 0.312. The molecule has 21 heavy (non-hydrogen) atoms. The van der Waals surface area contributed by atoms with Crippen LogP contribution in [-0.2, 0) is 13.1 Å². The molecular weight excluding hydrogens is 289 g/mol. The number of thiophene rings is 1. The third kappa shape index (κ3) is 4.37. The molecule has 112 valence electrons. The molecule has 1 N–H and O–H groups in total. The van der Waals surface area contributed by atoms with Crippen molar-refractivity contribution in [2.24, 2.45) is 0 Å². The van der Waals surface area contributed by atoms with Crippen LogP contribution in [-0.4, -0.2) is 22.0 Å². The molecule has 1 aromatic heterocycles. The van der Waals surface area contributed by atoms with E-state index >= 15 is 0 Å². The predicted octanol–water partition coefficient (Wildman–Crippen LogP) is 4.00. The highest BCUT2D eigenvalue weighted by Gasteiger charge is 2.14. The van der Waals surface area contributed by atoms with Gasteiger partial charge in [-0.05, 0) is 49.1 Å². The van der Waals surface area contributed by atoms with E-state index in [2.05, 4.69) is 24.8 Å². The van der Waals surface area contributed by atoms with Crippen LogP contribution in [0.25, 0.3) is 0 Å². The van der Waals surface area contributed by atoms with Crippen LogP contribution in [0.15, 0.2) is 35.7 Å². The van der Waals surface area contributed by atoms with Crippen LogP contribution in [0.3, 0.4) is 0 Å². The Labute approximate surface area is 127 Å². The minimum atomic E-state index is -1.11. The van der Waals surface area contributed by atoms with Crippen molar-refractivity contribution >= 4 is 17.3 Å². The molecule has 5 heteroatoms. The van der Waals surface area contributed by atoms with E-state index < -0.39 is 11.8 Å². The first-order chi connectivity index (χ1) is 9.95. The lowest BCUT2D eigenvalue weighted by Gasteiger charge is -2.26. The van der Waals surface area contributed by atoms with Crippen molar-refractivity contribution in [3.63, 3.8) is 0 Å². The van der Waals surface area contributed by atoms with Gasteiger partial charge in [-0.3, -0.25) is 4.90 Å². The van der Waals surface area contributed by atoms with Gasteiger partial charge in [-0.2, -0.15) is 0 Å². The molecule has 0 unspecified atom stereocenters. The van der Waals surface area contributed by atoms with Gasteiger partial charge in [0.1, 0.15) is 5.82 Å². The van der Waals surface area contributed by atoms with E-state index in [4.69, 9.17) is 5.11 Å². The molecule has 0 bridgehead atoms. The van der Waals surface area contributed by atoms with E-state index in [1.165, 1.54) is 17.0 Å². The van der Waals surface area contributed by atoms with Crippen molar-refractivity contribution < 1.29 is 14.3 Å². The van der Waals surface area contributed by atoms with Gasteiger partial charge in [0.2, 0.25) is 0 Å². The quantitative estimate of drug-likeness (QED) is 0.877. The summed E-state index contributed by atoms with van der Waals surface area (Å²) in [5.74, 6) is -1.62. The molecule has 0 spiro atoms. The summed E-state index contributed by atoms with van der Waals surface area (Å²) >= 11 is 1.68. The summed E-state index contributed by atoms with van der Waals surface area (Å²) in [4.78, 5) is 14.4. The van der Waals surface area contributed by atoms with E-state index in [1.54, 1.807) is 11.3 Å². The zero-order valence-electron chi connectivity index (χ0n) is 12.0. The number of halogens is 1. The molecule has 1 aromatic carbocycles. The maximum absolute atomic E-state index is 13.5. The standard InChI is InChI=1S/C16H18FNO2S/c1-11(2)18(10-15-4-3-5-21-15)9-12-6-13(16(19)20)8-14(17)7-12/h3-8,11H,9-10H2,1-2H3,(H,19,20). The van der Waals surface area contributed by atoms with Gasteiger partial charge in [-0.25, -0.2) is 9.18 Å². The van der Waals surface area contributed by atoms with Gasteiger partial charge in [-0.15, -0.1) is 11.3 Å². The van der Waals surface area contributed by atoms with Gasteiger partial charge in [-0.1, -0.05) is 6.07 Å². The molecule has 0 aliphatic heterocycles. The Hall–Kier alpha value is -1.72. The van der Waals surface area contributed by atoms with Crippen molar-refractivity contribution in [3.8, 4) is 0 Å². The lowest BCUT2D eigenvalue weighted by molar-refractivity contribution is 0.0696. The smallest absolute Gasteiger partial charge is 0.335 e. The monoisotopic (exact) mass is 307 g/mol. The largest absolute Gasteiger partial charge is 0.478 e. The van der Waals surface area contributed by atoms with Crippen molar-refractivity contribution in [2.45, 2.75) is 33.0 Å². The third-order valence-corrected chi connectivity index (χ3v) is 4.12. The second kappa shape index (κ2) is 6.83. The highest BCUT2D eigenvalue weighted by Crippen LogP contribution is 2.18. The molecule has 2 rings (SSSR count). The molecule has 1 heterocycles. The van der Waals surface area contributed by atoms with Crippen LogP contribution in [0, 0.1) is 5.82 Å². The average Bonchev–Trinajstić information content (AvgIpc) is 2.90. The first kappa shape index (κ1) is 15.7. The van der Waals surface area contributed by atoms with Gasteiger partial charge < -0.3 is 5.11 Å². The van der Waals surface area contributed by atoms with E-state index in [1.807, 2.05) is 11.4 Å². The Bertz CT molecular complexity index is 611. The summed E-state index contributed by atoms with van der Waals surface area (Å²) in [5.41, 5.74) is 0.669. The molecule has 0 saturated heterocycles. The van der Waals surface area contributed by atoms with Crippen molar-refractivity contribution in [3.05, 3.63) is 57.5 Å². The number of aromatic carboxylic acids is 1. The Morgan fingerprint density at radius 1 is 1.33 bits per heavy atom. The number of rotatable bonds is 6.